The molecule has 1 unspecified atom stereocenters. The van der Waals surface area contributed by atoms with Crippen LogP contribution in [-0.4, -0.2) is 44.0 Å². The van der Waals surface area contributed by atoms with Crippen LogP contribution in [-0.2, 0) is 4.79 Å². The van der Waals surface area contributed by atoms with Crippen molar-refractivity contribution in [3.63, 3.8) is 0 Å². The molecule has 0 bridgehead atoms. The van der Waals surface area contributed by atoms with Gasteiger partial charge in [0, 0.05) is 12.6 Å². The Morgan fingerprint density at radius 3 is 2.62 bits per heavy atom. The minimum Gasteiger partial charge on any atom is -0.351 e. The number of hydrogen-bond donors (Lipinski definition) is 2. The maximum Gasteiger partial charge on any atom is 0.234 e. The van der Waals surface area contributed by atoms with Crippen LogP contribution < -0.4 is 11.1 Å². The summed E-state index contributed by atoms with van der Waals surface area (Å²) >= 11 is 0. The van der Waals surface area contributed by atoms with Crippen LogP contribution in [0.15, 0.2) is 0 Å². The Hall–Kier alpha value is -0.610. The first-order valence-electron chi connectivity index (χ1n) is 4.77. The molecule has 1 amide bonds. The van der Waals surface area contributed by atoms with E-state index < -0.39 is 0 Å². The predicted molar refractivity (Wildman–Crippen MR) is 52.3 cm³/mol. The number of rotatable bonds is 5. The number of nitrogens with zero attached hydrogens (tertiary/aromatic N) is 1. The van der Waals surface area contributed by atoms with E-state index in [1.54, 1.807) is 0 Å². The number of hydrogen-bond acceptors (Lipinski definition) is 3. The summed E-state index contributed by atoms with van der Waals surface area (Å²) < 4.78 is 0. The molecule has 13 heavy (non-hydrogen) atoms. The van der Waals surface area contributed by atoms with E-state index in [1.807, 2.05) is 19.0 Å². The zero-order valence-electron chi connectivity index (χ0n) is 8.42. The zero-order valence-corrected chi connectivity index (χ0v) is 8.42. The average molecular weight is 185 g/mol. The Morgan fingerprint density at radius 2 is 2.23 bits per heavy atom. The summed E-state index contributed by atoms with van der Waals surface area (Å²) in [5.74, 6) is 0.712. The Balaban J connectivity index is 2.24. The fraction of sp³-hybridized carbons (Fsp3) is 0.889. The van der Waals surface area contributed by atoms with Crippen molar-refractivity contribution in [1.82, 2.24) is 10.2 Å². The highest BCUT2D eigenvalue weighted by Crippen LogP contribution is 2.32. The summed E-state index contributed by atoms with van der Waals surface area (Å²) in [6, 6.07) is 0.201. The van der Waals surface area contributed by atoms with E-state index in [2.05, 4.69) is 5.32 Å². The Labute approximate surface area is 79.5 Å². The molecule has 0 saturated heterocycles. The minimum absolute atomic E-state index is 0.0763. The molecule has 4 heteroatoms. The van der Waals surface area contributed by atoms with Crippen LogP contribution in [0.4, 0.5) is 0 Å². The molecule has 1 aliphatic rings. The largest absolute Gasteiger partial charge is 0.351 e. The first-order chi connectivity index (χ1) is 6.13. The van der Waals surface area contributed by atoms with E-state index in [0.29, 0.717) is 19.0 Å². The number of likely N-dealkylation sites (N-methyl/N-ethyl adjacent to an activating group) is 1. The van der Waals surface area contributed by atoms with Gasteiger partial charge in [0.2, 0.25) is 5.91 Å². The van der Waals surface area contributed by atoms with Crippen molar-refractivity contribution in [3.05, 3.63) is 0 Å². The molecule has 0 spiro atoms. The molecule has 0 aromatic heterocycles. The van der Waals surface area contributed by atoms with Crippen LogP contribution in [0.2, 0.25) is 0 Å². The maximum atomic E-state index is 11.3. The molecule has 0 heterocycles. The van der Waals surface area contributed by atoms with Gasteiger partial charge in [-0.2, -0.15) is 0 Å². The number of nitrogens with two attached hydrogens (primary N) is 1. The topological polar surface area (TPSA) is 58.4 Å². The van der Waals surface area contributed by atoms with E-state index in [4.69, 9.17) is 5.73 Å². The highest BCUT2D eigenvalue weighted by Gasteiger charge is 2.31. The highest BCUT2D eigenvalue weighted by molar-refractivity contribution is 5.78. The van der Waals surface area contributed by atoms with E-state index in [9.17, 15) is 4.79 Å². The van der Waals surface area contributed by atoms with Crippen molar-refractivity contribution in [2.45, 2.75) is 18.9 Å². The smallest absolute Gasteiger partial charge is 0.234 e. The van der Waals surface area contributed by atoms with Crippen molar-refractivity contribution in [2.75, 3.05) is 27.2 Å². The summed E-state index contributed by atoms with van der Waals surface area (Å²) in [5.41, 5.74) is 5.56. The van der Waals surface area contributed by atoms with Crippen LogP contribution in [0.3, 0.4) is 0 Å². The third-order valence-corrected chi connectivity index (χ3v) is 2.25. The molecule has 1 aliphatic carbocycles. The lowest BCUT2D eigenvalue weighted by Gasteiger charge is -2.17. The summed E-state index contributed by atoms with van der Waals surface area (Å²) in [7, 11) is 3.77. The molecule has 1 rings (SSSR count). The van der Waals surface area contributed by atoms with Gasteiger partial charge in [0.1, 0.15) is 0 Å². The second-order valence-electron chi connectivity index (χ2n) is 3.98. The second-order valence-corrected chi connectivity index (χ2v) is 3.98. The predicted octanol–water partition coefficient (Wildman–Crippen LogP) is -0.598. The lowest BCUT2D eigenvalue weighted by atomic mass is 10.2. The zero-order chi connectivity index (χ0) is 9.84. The molecule has 1 atom stereocenters. The van der Waals surface area contributed by atoms with Gasteiger partial charge in [0.25, 0.3) is 0 Å². The van der Waals surface area contributed by atoms with Gasteiger partial charge in [-0.1, -0.05) is 0 Å². The number of amides is 1. The second kappa shape index (κ2) is 4.58. The van der Waals surface area contributed by atoms with Crippen LogP contribution in [0.25, 0.3) is 0 Å². The van der Waals surface area contributed by atoms with Gasteiger partial charge in [-0.3, -0.25) is 4.79 Å². The molecule has 0 aromatic rings. The number of carbonyl (C=O) groups excluding carboxylic acids is 1. The molecule has 0 radical (unpaired) electrons. The lowest BCUT2D eigenvalue weighted by Crippen LogP contribution is -2.45. The molecule has 76 valence electrons. The third-order valence-electron chi connectivity index (χ3n) is 2.25. The lowest BCUT2D eigenvalue weighted by molar-refractivity contribution is -0.122. The van der Waals surface area contributed by atoms with Gasteiger partial charge in [0.15, 0.2) is 0 Å². The van der Waals surface area contributed by atoms with Crippen LogP contribution in [0, 0.1) is 5.92 Å². The van der Waals surface area contributed by atoms with Gasteiger partial charge in [-0.15, -0.1) is 0 Å². The van der Waals surface area contributed by atoms with Gasteiger partial charge >= 0.3 is 0 Å². The fourth-order valence-electron chi connectivity index (χ4n) is 1.41. The first kappa shape index (κ1) is 10.5. The van der Waals surface area contributed by atoms with Gasteiger partial charge < -0.3 is 16.0 Å². The summed E-state index contributed by atoms with van der Waals surface area (Å²) in [4.78, 5) is 13.2. The van der Waals surface area contributed by atoms with Crippen molar-refractivity contribution < 1.29 is 4.79 Å². The van der Waals surface area contributed by atoms with Crippen molar-refractivity contribution in [1.29, 1.82) is 0 Å². The fourth-order valence-corrected chi connectivity index (χ4v) is 1.41. The molecule has 4 nitrogen and oxygen atoms in total. The van der Waals surface area contributed by atoms with E-state index in [-0.39, 0.29) is 11.9 Å². The third kappa shape index (κ3) is 3.74. The highest BCUT2D eigenvalue weighted by atomic mass is 16.2. The van der Waals surface area contributed by atoms with Crippen LogP contribution in [0.1, 0.15) is 12.8 Å². The number of carbonyl (C=O) groups is 1. The molecule has 3 N–H and O–H groups in total. The monoisotopic (exact) mass is 185 g/mol. The minimum atomic E-state index is 0.0763. The Kier molecular flexibility index (Phi) is 3.69. The van der Waals surface area contributed by atoms with Crippen molar-refractivity contribution in [2.24, 2.45) is 11.7 Å². The van der Waals surface area contributed by atoms with E-state index >= 15 is 0 Å². The normalized spacial score (nSPS) is 18.8. The van der Waals surface area contributed by atoms with Crippen LogP contribution >= 0.6 is 0 Å². The van der Waals surface area contributed by atoms with Crippen molar-refractivity contribution in [3.8, 4) is 0 Å². The standard InChI is InChI=1S/C9H19N3O/c1-12(2)6-9(13)11-8(5-10)7-3-4-7/h7-8H,3-6,10H2,1-2H3,(H,11,13). The average Bonchev–Trinajstić information content (AvgIpc) is 2.81. The number of nitrogens with one attached hydrogen (secondary N) is 1. The Bertz CT molecular complexity index is 178. The quantitative estimate of drug-likeness (QED) is 0.601. The summed E-state index contributed by atoms with van der Waals surface area (Å²) in [6.45, 7) is 1.01. The van der Waals surface area contributed by atoms with Crippen molar-refractivity contribution >= 4 is 5.91 Å². The van der Waals surface area contributed by atoms with Gasteiger partial charge in [0.05, 0.1) is 6.54 Å². The summed E-state index contributed by atoms with van der Waals surface area (Å²) in [6.07, 6.45) is 2.42. The first-order valence-corrected chi connectivity index (χ1v) is 4.77. The van der Waals surface area contributed by atoms with E-state index in [1.165, 1.54) is 12.8 Å². The molecular formula is C9H19N3O. The molecule has 0 aliphatic heterocycles. The maximum absolute atomic E-state index is 11.3. The molecule has 1 saturated carbocycles. The van der Waals surface area contributed by atoms with Gasteiger partial charge in [-0.05, 0) is 32.9 Å². The Morgan fingerprint density at radius 1 is 1.62 bits per heavy atom. The summed E-state index contributed by atoms with van der Waals surface area (Å²) in [5, 5.41) is 2.95. The van der Waals surface area contributed by atoms with Crippen LogP contribution in [0.5, 0.6) is 0 Å². The molecule has 1 fully saturated rings. The molecular weight excluding hydrogens is 166 g/mol. The SMILES string of the molecule is CN(C)CC(=O)NC(CN)C1CC1. The molecule has 0 aromatic carbocycles. The van der Waals surface area contributed by atoms with Gasteiger partial charge in [-0.25, -0.2) is 0 Å². The van der Waals surface area contributed by atoms with E-state index in [0.717, 1.165) is 0 Å².